The molecule has 7 rings (SSSR count). The largest absolute Gasteiger partial charge is 0.477 e. The van der Waals surface area contributed by atoms with Gasteiger partial charge in [0.1, 0.15) is 165 Å². The van der Waals surface area contributed by atoms with Gasteiger partial charge in [0.25, 0.3) is 5.79 Å². The lowest BCUT2D eigenvalue weighted by Crippen LogP contribution is -2.71. The van der Waals surface area contributed by atoms with E-state index in [0.717, 1.165) is 72.1 Å². The molecule has 7 aliphatic rings. The topological polar surface area (TPSA) is 708 Å². The first-order valence-corrected chi connectivity index (χ1v) is 51.1. The van der Waals surface area contributed by atoms with Crippen molar-refractivity contribution in [3.05, 3.63) is 12.2 Å². The molecule has 0 spiro atoms. The SMILES string of the molecule is CCCCCCCCCCCCC/C=C/[C@@H](O)[C@H](CO[C@@H]1OC(CO)[C@@H](O[C@@H]2OC(CO)[C@H](O)[C@H](O[C@@H]3OC(CO)[C@@H](O[C@@H]4OC(CO)[C@H](O)[C@H](O[C@@H]5OC(CO)[C@@H](O[C@@H]6OC(CO[C@]7(C(=O)O)CC(O)[C@@H](NC(C)=O)C([C@H](O)[C@H](O)CO)O7)[C@H](O)[C@H](O)C6O)[C@H](O)C5NC(C)=O)C4O)[C@H](O)C3NC(C)=O)C2O)[C@H](O)C1O)NC(=O)CCCCCCCCCCCCCCCCCCCCCCCCC. The lowest BCUT2D eigenvalue weighted by Gasteiger charge is -2.51. The van der Waals surface area contributed by atoms with E-state index in [9.17, 15) is 136 Å². The predicted octanol–water partition coefficient (Wildman–Crippen LogP) is -2.13. The van der Waals surface area contributed by atoms with Gasteiger partial charge < -0.3 is 200 Å². The number of aliphatic carboxylic acids is 1. The fraction of sp³-hybridized carbons (Fsp3) is 0.926. The smallest absolute Gasteiger partial charge is 0.364 e. The number of carbonyl (C=O) groups excluding carboxylic acids is 4. The van der Waals surface area contributed by atoms with Crippen LogP contribution in [0.1, 0.15) is 272 Å². The van der Waals surface area contributed by atoms with Crippen LogP contribution in [0, 0.1) is 0 Å². The Labute approximate surface area is 819 Å². The molecule has 0 aliphatic carbocycles. The second-order valence-electron chi connectivity index (χ2n) is 38.5. The molecule has 0 bridgehead atoms. The Morgan fingerprint density at radius 1 is 0.379 bits per heavy atom. The molecule has 45 heteroatoms. The van der Waals surface area contributed by atoms with Crippen LogP contribution in [-0.4, -0.2) is 427 Å². The number of carbonyl (C=O) groups is 5. The zero-order valence-corrected chi connectivity index (χ0v) is 81.9. The van der Waals surface area contributed by atoms with Crippen molar-refractivity contribution in [2.45, 2.75) is 505 Å². The normalized spacial score (nSPS) is 35.9. The summed E-state index contributed by atoms with van der Waals surface area (Å²) in [4.78, 5) is 64.8. The van der Waals surface area contributed by atoms with Crippen LogP contribution in [0.25, 0.3) is 0 Å². The molecule has 0 aromatic heterocycles. The number of hydrogen-bond donors (Lipinski definition) is 26. The van der Waals surface area contributed by atoms with Crippen LogP contribution in [-0.2, 0) is 90.3 Å². The number of unbranched alkanes of at least 4 members (excludes halogenated alkanes) is 33. The van der Waals surface area contributed by atoms with Gasteiger partial charge >= 0.3 is 5.97 Å². The van der Waals surface area contributed by atoms with Crippen LogP contribution in [0.5, 0.6) is 0 Å². The van der Waals surface area contributed by atoms with Gasteiger partial charge in [-0.15, -0.1) is 0 Å². The maximum Gasteiger partial charge on any atom is 0.364 e. The summed E-state index contributed by atoms with van der Waals surface area (Å²) in [6.45, 7) is -0.819. The summed E-state index contributed by atoms with van der Waals surface area (Å²) in [5, 5.41) is 257. The van der Waals surface area contributed by atoms with Gasteiger partial charge in [-0.05, 0) is 19.3 Å². The van der Waals surface area contributed by atoms with Crippen molar-refractivity contribution in [2.75, 3.05) is 52.9 Å². The van der Waals surface area contributed by atoms with E-state index in [-0.39, 0.29) is 12.3 Å². The molecule has 45 nitrogen and oxygen atoms in total. The summed E-state index contributed by atoms with van der Waals surface area (Å²) in [6.07, 6.45) is -23.0. The van der Waals surface area contributed by atoms with E-state index in [1.807, 2.05) is 6.08 Å². The quantitative estimate of drug-likeness (QED) is 0.0228. The number of nitrogens with one attached hydrogen (secondary N) is 4. The Hall–Kier alpha value is -4.31. The molecule has 26 N–H and O–H groups in total. The Morgan fingerprint density at radius 3 is 1.11 bits per heavy atom. The van der Waals surface area contributed by atoms with Crippen LogP contribution >= 0.6 is 0 Å². The van der Waals surface area contributed by atoms with Gasteiger partial charge in [-0.3, -0.25) is 19.2 Å². The standard InChI is InChI=1S/C95H170N4O41/c1-6-8-10-12-14-16-18-20-21-22-23-24-25-26-27-28-29-31-33-35-37-39-41-43-66(112)99-56(57(109)42-40-38-36-34-32-30-19-17-15-13-11-9-7-2)51-127-90-79(122)77(120)84(64(50-105)133-90)137-93-81(124)87(73(116)61(47-102)130-93)139-89-69(98-55(5)108)75(118)83(63(49-104)132-89)136-92-80(123)86(72(115)60(46-101)129-92)138-88-68(97-54(4)107)74(117)82(62(48-103)131-88)135-91-78(121)76(119)71(114)65(134-91)52-128-95(94(125)126)44-58(110)67(96-53(3)106)85(140-95)70(113)59(111)45-100/h40,42,56-65,67-93,100-105,109-111,113-124H,6-39,41,43-52H2,1-5H3,(H,96,106)(H,97,107)(H,98,108)(H,99,112)(H,125,126)/b42-40+/t56-,57+,58?,59+,60?,61?,62?,63?,64?,65?,67+,68?,69?,70+,71-,72-,73-,74+,75+,76-,77+,78?,79?,80?,81?,82+,83+,84+,85?,86-,87-,88-,89-,90+,91-,92-,93-,95+/m0/s1. The Balaban J connectivity index is 0.962. The highest BCUT2D eigenvalue weighted by atomic mass is 16.8. The molecule has 0 aromatic carbocycles. The Bertz CT molecular complexity index is 3450. The maximum atomic E-state index is 13.7. The van der Waals surface area contributed by atoms with Crippen molar-refractivity contribution in [3.63, 3.8) is 0 Å². The lowest BCUT2D eigenvalue weighted by atomic mass is 9.88. The summed E-state index contributed by atoms with van der Waals surface area (Å²) in [6, 6.07) is -6.57. The monoisotopic (exact) mass is 2020 g/mol. The summed E-state index contributed by atoms with van der Waals surface area (Å²) in [5.74, 6) is -8.05. The Kier molecular flexibility index (Phi) is 56.8. The minimum Gasteiger partial charge on any atom is -0.477 e. The molecule has 14 unspecified atom stereocenters. The average Bonchev–Trinajstić information content (AvgIpc) is 0.745. The molecular formula is C95H170N4O41. The maximum absolute atomic E-state index is 13.7. The summed E-state index contributed by atoms with van der Waals surface area (Å²) < 4.78 is 82.9. The molecule has 0 radical (unpaired) electrons. The van der Waals surface area contributed by atoms with Gasteiger partial charge in [-0.2, -0.15) is 0 Å². The number of carboxylic acids is 1. The number of aliphatic hydroxyl groups excluding tert-OH is 21. The van der Waals surface area contributed by atoms with Gasteiger partial charge in [0, 0.05) is 33.6 Å². The molecule has 7 saturated heterocycles. The first-order valence-electron chi connectivity index (χ1n) is 51.1. The highest BCUT2D eigenvalue weighted by Gasteiger charge is 2.61. The van der Waals surface area contributed by atoms with Gasteiger partial charge in [-0.1, -0.05) is 231 Å². The molecule has 816 valence electrons. The molecular weight excluding hydrogens is 1850 g/mol. The zero-order valence-electron chi connectivity index (χ0n) is 81.9. The Morgan fingerprint density at radius 2 is 0.721 bits per heavy atom. The van der Waals surface area contributed by atoms with Crippen molar-refractivity contribution in [2.24, 2.45) is 0 Å². The van der Waals surface area contributed by atoms with E-state index in [1.54, 1.807) is 6.08 Å². The highest BCUT2D eigenvalue weighted by Crippen LogP contribution is 2.41. The van der Waals surface area contributed by atoms with Crippen LogP contribution in [0.15, 0.2) is 12.2 Å². The van der Waals surface area contributed by atoms with E-state index in [4.69, 9.17) is 66.3 Å². The van der Waals surface area contributed by atoms with Gasteiger partial charge in [0.05, 0.1) is 77.1 Å². The molecule has 7 fully saturated rings. The van der Waals surface area contributed by atoms with E-state index in [1.165, 1.54) is 161 Å². The van der Waals surface area contributed by atoms with Gasteiger partial charge in [0.2, 0.25) is 23.6 Å². The molecule has 38 atom stereocenters. The lowest BCUT2D eigenvalue weighted by molar-refractivity contribution is -0.387. The summed E-state index contributed by atoms with van der Waals surface area (Å²) >= 11 is 0. The third-order valence-corrected chi connectivity index (χ3v) is 27.2. The second-order valence-corrected chi connectivity index (χ2v) is 38.5. The van der Waals surface area contributed by atoms with Crippen LogP contribution in [0.4, 0.5) is 0 Å². The van der Waals surface area contributed by atoms with Crippen LogP contribution in [0.3, 0.4) is 0 Å². The van der Waals surface area contributed by atoms with Crippen LogP contribution < -0.4 is 21.3 Å². The summed E-state index contributed by atoms with van der Waals surface area (Å²) in [7, 11) is 0. The fourth-order valence-electron chi connectivity index (χ4n) is 19.0. The van der Waals surface area contributed by atoms with Crippen molar-refractivity contribution >= 4 is 29.6 Å². The van der Waals surface area contributed by atoms with Gasteiger partial charge in [-0.25, -0.2) is 4.79 Å². The number of carboxylic acid groups (broad SMARTS) is 1. The first-order chi connectivity index (χ1) is 67.1. The van der Waals surface area contributed by atoms with Crippen molar-refractivity contribution in [1.29, 1.82) is 0 Å². The number of allylic oxidation sites excluding steroid dienone is 1. The van der Waals surface area contributed by atoms with Crippen molar-refractivity contribution in [1.82, 2.24) is 21.3 Å². The fourth-order valence-corrected chi connectivity index (χ4v) is 19.0. The number of ether oxygens (including phenoxy) is 14. The second kappa shape index (κ2) is 64.8. The third-order valence-electron chi connectivity index (χ3n) is 27.2. The first kappa shape index (κ1) is 123. The third kappa shape index (κ3) is 37.5. The number of amides is 4. The average molecular weight is 2020 g/mol. The number of hydrogen-bond acceptors (Lipinski definition) is 40. The van der Waals surface area contributed by atoms with E-state index < -0.39 is 315 Å². The minimum atomic E-state index is -3.03. The van der Waals surface area contributed by atoms with Gasteiger partial charge in [0.15, 0.2) is 37.7 Å². The van der Waals surface area contributed by atoms with Crippen LogP contribution in [0.2, 0.25) is 0 Å². The summed E-state index contributed by atoms with van der Waals surface area (Å²) in [5.41, 5.74) is 0. The van der Waals surface area contributed by atoms with E-state index in [2.05, 4.69) is 35.1 Å². The molecule has 0 saturated carbocycles. The van der Waals surface area contributed by atoms with E-state index >= 15 is 0 Å². The molecule has 7 heterocycles. The zero-order chi connectivity index (χ0) is 103. The molecule has 0 aromatic rings. The highest BCUT2D eigenvalue weighted by molar-refractivity contribution is 5.77. The number of rotatable bonds is 67. The molecule has 140 heavy (non-hydrogen) atoms. The molecule has 4 amide bonds. The molecule has 7 aliphatic heterocycles. The van der Waals surface area contributed by atoms with Crippen molar-refractivity contribution < 1.29 is 203 Å². The minimum absolute atomic E-state index is 0.155. The van der Waals surface area contributed by atoms with Crippen molar-refractivity contribution in [3.8, 4) is 0 Å². The predicted molar refractivity (Wildman–Crippen MR) is 492 cm³/mol. The number of aliphatic hydroxyl groups is 21. The van der Waals surface area contributed by atoms with E-state index in [0.29, 0.717) is 12.8 Å².